The quantitative estimate of drug-likeness (QED) is 0.517. The van der Waals surface area contributed by atoms with Crippen molar-refractivity contribution in [2.24, 2.45) is 0 Å². The van der Waals surface area contributed by atoms with Gasteiger partial charge in [0.05, 0.1) is 26.5 Å². The van der Waals surface area contributed by atoms with Gasteiger partial charge in [0, 0.05) is 29.6 Å². The Morgan fingerprint density at radius 2 is 1.76 bits per heavy atom. The van der Waals surface area contributed by atoms with Crippen molar-refractivity contribution in [3.63, 3.8) is 0 Å². The fourth-order valence-corrected chi connectivity index (χ4v) is 3.12. The van der Waals surface area contributed by atoms with Gasteiger partial charge in [-0.15, -0.1) is 0 Å². The summed E-state index contributed by atoms with van der Waals surface area (Å²) >= 11 is 0. The molecule has 0 amide bonds. The highest BCUT2D eigenvalue weighted by atomic mass is 19.1. The summed E-state index contributed by atoms with van der Waals surface area (Å²) in [5, 5.41) is 4.44. The van der Waals surface area contributed by atoms with E-state index >= 15 is 0 Å². The lowest BCUT2D eigenvalue weighted by Gasteiger charge is -2.08. The molecule has 8 heteroatoms. The number of benzene rings is 2. The van der Waals surface area contributed by atoms with E-state index in [-0.39, 0.29) is 17.7 Å². The van der Waals surface area contributed by atoms with Gasteiger partial charge in [-0.2, -0.15) is 5.10 Å². The number of aromatic nitrogens is 3. The molecule has 4 aromatic rings. The van der Waals surface area contributed by atoms with Crippen LogP contribution in [-0.2, 0) is 6.54 Å². The van der Waals surface area contributed by atoms with Crippen molar-refractivity contribution in [3.05, 3.63) is 82.4 Å². The zero-order chi connectivity index (χ0) is 20.5. The molecule has 0 bridgehead atoms. The van der Waals surface area contributed by atoms with E-state index in [4.69, 9.17) is 9.47 Å². The molecule has 0 saturated heterocycles. The normalized spacial score (nSPS) is 11.0. The number of methoxy groups -OCH3 is 2. The molecule has 0 unspecified atom stereocenters. The molecule has 0 aliphatic carbocycles. The molecule has 29 heavy (non-hydrogen) atoms. The molecule has 0 aliphatic rings. The first-order chi connectivity index (χ1) is 14.0. The maximum atomic E-state index is 13.9. The Morgan fingerprint density at radius 3 is 2.48 bits per heavy atom. The summed E-state index contributed by atoms with van der Waals surface area (Å²) in [4.78, 5) is 12.8. The number of halogens is 2. The second-order valence-corrected chi connectivity index (χ2v) is 6.40. The molecule has 0 fully saturated rings. The second kappa shape index (κ2) is 7.38. The standard InChI is InChI=1S/C21H17F2N3O3/c1-28-19-6-4-13(9-20(19)29-2)17-11-18-21(27)25(7-8-26(18)24-17)12-14-3-5-15(22)10-16(14)23/h3-11H,12H2,1-2H3. The van der Waals surface area contributed by atoms with Gasteiger partial charge in [0.25, 0.3) is 5.56 Å². The third-order valence-electron chi connectivity index (χ3n) is 4.64. The first-order valence-corrected chi connectivity index (χ1v) is 8.75. The highest BCUT2D eigenvalue weighted by molar-refractivity contribution is 5.68. The summed E-state index contributed by atoms with van der Waals surface area (Å²) in [6.45, 7) is -0.0156. The van der Waals surface area contributed by atoms with Crippen molar-refractivity contribution in [1.29, 1.82) is 0 Å². The van der Waals surface area contributed by atoms with Crippen LogP contribution in [0.5, 0.6) is 11.5 Å². The molecule has 0 aliphatic heterocycles. The van der Waals surface area contributed by atoms with Crippen LogP contribution in [0.25, 0.3) is 16.8 Å². The first kappa shape index (κ1) is 18.7. The van der Waals surface area contributed by atoms with Gasteiger partial charge in [-0.1, -0.05) is 6.07 Å². The molecule has 0 atom stereocenters. The van der Waals surface area contributed by atoms with Crippen molar-refractivity contribution in [2.45, 2.75) is 6.54 Å². The monoisotopic (exact) mass is 397 g/mol. The Hall–Kier alpha value is -3.68. The lowest BCUT2D eigenvalue weighted by Crippen LogP contribution is -2.22. The van der Waals surface area contributed by atoms with Gasteiger partial charge in [-0.25, -0.2) is 13.3 Å². The van der Waals surface area contributed by atoms with E-state index in [1.54, 1.807) is 38.6 Å². The van der Waals surface area contributed by atoms with Crippen LogP contribution < -0.4 is 15.0 Å². The minimum atomic E-state index is -0.698. The molecular weight excluding hydrogens is 380 g/mol. The van der Waals surface area contributed by atoms with Crippen molar-refractivity contribution >= 4 is 5.52 Å². The zero-order valence-corrected chi connectivity index (χ0v) is 15.7. The van der Waals surface area contributed by atoms with Crippen LogP contribution in [0.4, 0.5) is 8.78 Å². The third-order valence-corrected chi connectivity index (χ3v) is 4.64. The molecule has 4 rings (SSSR count). The number of nitrogens with zero attached hydrogens (tertiary/aromatic N) is 3. The SMILES string of the molecule is COc1ccc(-c2cc3c(=O)n(Cc4ccc(F)cc4F)ccn3n2)cc1OC. The van der Waals surface area contributed by atoms with Crippen LogP contribution in [0.1, 0.15) is 5.56 Å². The number of rotatable bonds is 5. The minimum absolute atomic E-state index is 0.0156. The average Bonchev–Trinajstić information content (AvgIpc) is 3.16. The van der Waals surface area contributed by atoms with Crippen LogP contribution in [0.2, 0.25) is 0 Å². The van der Waals surface area contributed by atoms with Crippen LogP contribution in [-0.4, -0.2) is 28.4 Å². The first-order valence-electron chi connectivity index (χ1n) is 8.75. The second-order valence-electron chi connectivity index (χ2n) is 6.40. The van der Waals surface area contributed by atoms with E-state index in [1.807, 2.05) is 6.07 Å². The number of hydrogen-bond acceptors (Lipinski definition) is 4. The number of fused-ring (bicyclic) bond motifs is 1. The Balaban J connectivity index is 1.74. The highest BCUT2D eigenvalue weighted by Gasteiger charge is 2.13. The summed E-state index contributed by atoms with van der Waals surface area (Å²) in [7, 11) is 3.09. The fourth-order valence-electron chi connectivity index (χ4n) is 3.12. The molecule has 0 radical (unpaired) electrons. The molecule has 0 spiro atoms. The lowest BCUT2D eigenvalue weighted by atomic mass is 10.1. The topological polar surface area (TPSA) is 57.8 Å². The molecule has 0 N–H and O–H groups in total. The predicted octanol–water partition coefficient (Wildman–Crippen LogP) is 3.51. The fraction of sp³-hybridized carbons (Fsp3) is 0.143. The molecule has 2 aromatic carbocycles. The van der Waals surface area contributed by atoms with E-state index in [2.05, 4.69) is 5.10 Å². The Labute approximate surface area is 164 Å². The summed E-state index contributed by atoms with van der Waals surface area (Å²) in [5.74, 6) is -0.226. The third kappa shape index (κ3) is 3.44. The van der Waals surface area contributed by atoms with Gasteiger partial charge < -0.3 is 14.0 Å². The van der Waals surface area contributed by atoms with Crippen LogP contribution >= 0.6 is 0 Å². The molecule has 0 saturated carbocycles. The molecule has 2 aromatic heterocycles. The average molecular weight is 397 g/mol. The van der Waals surface area contributed by atoms with E-state index < -0.39 is 11.6 Å². The smallest absolute Gasteiger partial charge is 0.276 e. The number of ether oxygens (including phenoxy) is 2. The predicted molar refractivity (Wildman–Crippen MR) is 103 cm³/mol. The van der Waals surface area contributed by atoms with Crippen molar-refractivity contribution < 1.29 is 18.3 Å². The molecule has 148 valence electrons. The van der Waals surface area contributed by atoms with E-state index in [9.17, 15) is 13.6 Å². The van der Waals surface area contributed by atoms with Gasteiger partial charge in [0.2, 0.25) is 0 Å². The van der Waals surface area contributed by atoms with Gasteiger partial charge in [-0.3, -0.25) is 4.79 Å². The summed E-state index contributed by atoms with van der Waals surface area (Å²) < 4.78 is 40.4. The maximum Gasteiger partial charge on any atom is 0.276 e. The summed E-state index contributed by atoms with van der Waals surface area (Å²) in [5.41, 5.74) is 1.54. The Morgan fingerprint density at radius 1 is 0.966 bits per heavy atom. The Kier molecular flexibility index (Phi) is 4.75. The van der Waals surface area contributed by atoms with Gasteiger partial charge in [0.1, 0.15) is 17.2 Å². The van der Waals surface area contributed by atoms with Gasteiger partial charge in [0.15, 0.2) is 11.5 Å². The van der Waals surface area contributed by atoms with Crippen LogP contribution in [0, 0.1) is 11.6 Å². The van der Waals surface area contributed by atoms with Gasteiger partial charge >= 0.3 is 0 Å². The largest absolute Gasteiger partial charge is 0.493 e. The molecule has 6 nitrogen and oxygen atoms in total. The minimum Gasteiger partial charge on any atom is -0.493 e. The molecule has 2 heterocycles. The zero-order valence-electron chi connectivity index (χ0n) is 15.7. The van der Waals surface area contributed by atoms with Crippen molar-refractivity contribution in [3.8, 4) is 22.8 Å². The van der Waals surface area contributed by atoms with E-state index in [1.165, 1.54) is 21.3 Å². The van der Waals surface area contributed by atoms with Crippen LogP contribution in [0.15, 0.2) is 59.7 Å². The summed E-state index contributed by atoms with van der Waals surface area (Å²) in [6.07, 6.45) is 3.13. The molecular formula is C21H17F2N3O3. The van der Waals surface area contributed by atoms with E-state index in [0.29, 0.717) is 22.7 Å². The van der Waals surface area contributed by atoms with Crippen LogP contribution in [0.3, 0.4) is 0 Å². The van der Waals surface area contributed by atoms with Gasteiger partial charge in [-0.05, 0) is 30.3 Å². The summed E-state index contributed by atoms with van der Waals surface area (Å²) in [6, 6.07) is 10.3. The van der Waals surface area contributed by atoms with Crippen molar-refractivity contribution in [2.75, 3.05) is 14.2 Å². The highest BCUT2D eigenvalue weighted by Crippen LogP contribution is 2.31. The van der Waals surface area contributed by atoms with E-state index in [0.717, 1.165) is 17.7 Å². The van der Waals surface area contributed by atoms with Crippen molar-refractivity contribution in [1.82, 2.24) is 14.2 Å². The Bertz CT molecular complexity index is 1260. The number of hydrogen-bond donors (Lipinski definition) is 0. The lowest BCUT2D eigenvalue weighted by molar-refractivity contribution is 0.355. The maximum absolute atomic E-state index is 13.9.